The maximum atomic E-state index is 9.71. The van der Waals surface area contributed by atoms with Gasteiger partial charge in [-0.2, -0.15) is 0 Å². The van der Waals surface area contributed by atoms with Gasteiger partial charge in [0, 0.05) is 14.2 Å². The third kappa shape index (κ3) is 7.09. The van der Waals surface area contributed by atoms with Gasteiger partial charge in [-0.3, -0.25) is 4.52 Å². The van der Waals surface area contributed by atoms with E-state index in [1.807, 2.05) is 0 Å². The minimum atomic E-state index is -0.425. The predicted molar refractivity (Wildman–Crippen MR) is 32.5 cm³/mol. The van der Waals surface area contributed by atoms with Gasteiger partial charge in [-0.15, -0.1) is 0 Å². The summed E-state index contributed by atoms with van der Waals surface area (Å²) in [5.74, 6) is 0. The molecular formula is C4H10NaO4P. The monoisotopic (exact) mass is 176 g/mol. The Kier molecular flexibility index (Phi) is 13.5. The molecule has 0 saturated heterocycles. The van der Waals surface area contributed by atoms with Gasteiger partial charge in [-0.25, -0.2) is 4.57 Å². The van der Waals surface area contributed by atoms with Crippen molar-refractivity contribution in [2.75, 3.05) is 20.8 Å². The summed E-state index contributed by atoms with van der Waals surface area (Å²) in [5, 5.41) is 0. The van der Waals surface area contributed by atoms with Gasteiger partial charge in [0.1, 0.15) is 6.61 Å². The van der Waals surface area contributed by atoms with E-state index in [1.165, 1.54) is 14.2 Å². The van der Waals surface area contributed by atoms with E-state index in [0.29, 0.717) is 0 Å². The predicted octanol–water partition coefficient (Wildman–Crippen LogP) is -2.05. The van der Waals surface area contributed by atoms with Gasteiger partial charge in [-0.1, -0.05) is 0 Å². The van der Waals surface area contributed by atoms with Gasteiger partial charge >= 0.3 is 38.2 Å². The molecule has 6 heteroatoms. The number of ether oxygens (including phenoxy) is 2. The molecule has 0 amide bonds. The SMILES string of the molecule is COC(COP=O)OC.[H-].[Na+]. The topological polar surface area (TPSA) is 44.8 Å². The second kappa shape index (κ2) is 9.98. The normalized spacial score (nSPS) is 9.90. The molecule has 56 valence electrons. The summed E-state index contributed by atoms with van der Waals surface area (Å²) in [6, 6.07) is 0. The molecule has 0 fully saturated rings. The summed E-state index contributed by atoms with van der Waals surface area (Å²) in [6.45, 7) is 0.179. The fourth-order valence-electron chi connectivity index (χ4n) is 0.324. The van der Waals surface area contributed by atoms with Crippen molar-refractivity contribution in [2.24, 2.45) is 0 Å². The molecule has 10 heavy (non-hydrogen) atoms. The van der Waals surface area contributed by atoms with Crippen molar-refractivity contribution in [3.63, 3.8) is 0 Å². The molecular weight excluding hydrogens is 166 g/mol. The molecule has 0 unspecified atom stereocenters. The van der Waals surface area contributed by atoms with E-state index in [1.54, 1.807) is 0 Å². The van der Waals surface area contributed by atoms with E-state index >= 15 is 0 Å². The molecule has 0 atom stereocenters. The van der Waals surface area contributed by atoms with Crippen LogP contribution >= 0.6 is 8.69 Å². The summed E-state index contributed by atoms with van der Waals surface area (Å²) in [7, 11) is 2.62. The fraction of sp³-hybridized carbons (Fsp3) is 1.00. The molecule has 0 spiro atoms. The quantitative estimate of drug-likeness (QED) is 0.274. The van der Waals surface area contributed by atoms with Gasteiger partial charge in [-0.05, 0) is 0 Å². The number of hydrogen-bond donors (Lipinski definition) is 0. The largest absolute Gasteiger partial charge is 1.00 e. The first kappa shape index (κ1) is 13.6. The summed E-state index contributed by atoms with van der Waals surface area (Å²) >= 11 is 0. The van der Waals surface area contributed by atoms with Gasteiger partial charge in [0.2, 0.25) is 0 Å². The zero-order valence-corrected chi connectivity index (χ0v) is 9.26. The molecule has 0 bridgehead atoms. The smallest absolute Gasteiger partial charge is 1.00 e. The molecule has 0 aromatic heterocycles. The van der Waals surface area contributed by atoms with Crippen molar-refractivity contribution in [3.05, 3.63) is 0 Å². The minimum Gasteiger partial charge on any atom is -1.00 e. The molecule has 0 saturated carbocycles. The van der Waals surface area contributed by atoms with Crippen molar-refractivity contribution in [1.82, 2.24) is 0 Å². The van der Waals surface area contributed by atoms with E-state index in [-0.39, 0.29) is 46.3 Å². The first-order valence-electron chi connectivity index (χ1n) is 2.35. The van der Waals surface area contributed by atoms with Crippen molar-refractivity contribution < 1.29 is 49.5 Å². The first-order valence-corrected chi connectivity index (χ1v) is 3.08. The third-order valence-corrected chi connectivity index (χ3v) is 1.04. The number of rotatable bonds is 5. The summed E-state index contributed by atoms with van der Waals surface area (Å²) in [6.07, 6.45) is -0.425. The molecule has 0 radical (unpaired) electrons. The van der Waals surface area contributed by atoms with Crippen LogP contribution in [0.1, 0.15) is 1.43 Å². The Labute approximate surface area is 85.3 Å². The van der Waals surface area contributed by atoms with E-state index in [9.17, 15) is 4.57 Å². The van der Waals surface area contributed by atoms with Crippen LogP contribution < -0.4 is 29.6 Å². The van der Waals surface area contributed by atoms with Crippen LogP contribution in [0.3, 0.4) is 0 Å². The van der Waals surface area contributed by atoms with Gasteiger partial charge in [0.15, 0.2) is 6.29 Å². The Bertz CT molecular complexity index is 82.5. The van der Waals surface area contributed by atoms with Crippen molar-refractivity contribution >= 4 is 8.69 Å². The number of hydrogen-bond acceptors (Lipinski definition) is 4. The minimum absolute atomic E-state index is 0. The van der Waals surface area contributed by atoms with Crippen molar-refractivity contribution in [3.8, 4) is 0 Å². The zero-order valence-electron chi connectivity index (χ0n) is 7.36. The maximum Gasteiger partial charge on any atom is 1.00 e. The van der Waals surface area contributed by atoms with Gasteiger partial charge in [0.25, 0.3) is 0 Å². The average Bonchev–Trinajstić information content (AvgIpc) is 1.91. The molecule has 0 aromatic carbocycles. The Morgan fingerprint density at radius 1 is 1.50 bits per heavy atom. The summed E-state index contributed by atoms with van der Waals surface area (Å²) in [5.41, 5.74) is 0. The molecule has 0 N–H and O–H groups in total. The fourth-order valence-corrected chi connectivity index (χ4v) is 0.506. The Morgan fingerprint density at radius 3 is 2.30 bits per heavy atom. The Balaban J connectivity index is -0.000000320. The molecule has 0 aromatic rings. The third-order valence-electron chi connectivity index (χ3n) is 0.789. The van der Waals surface area contributed by atoms with Crippen LogP contribution in [0.5, 0.6) is 0 Å². The van der Waals surface area contributed by atoms with E-state index in [2.05, 4.69) is 4.52 Å². The summed E-state index contributed by atoms with van der Waals surface area (Å²) in [4.78, 5) is 0. The number of methoxy groups -OCH3 is 2. The van der Waals surface area contributed by atoms with Crippen LogP contribution in [0.2, 0.25) is 0 Å². The molecule has 0 heterocycles. The van der Waals surface area contributed by atoms with Gasteiger partial charge in [0.05, 0.1) is 0 Å². The molecule has 0 aliphatic rings. The van der Waals surface area contributed by atoms with Crippen LogP contribution in [-0.4, -0.2) is 27.1 Å². The second-order valence-corrected chi connectivity index (χ2v) is 1.68. The summed E-state index contributed by atoms with van der Waals surface area (Å²) < 4.78 is 23.6. The van der Waals surface area contributed by atoms with Crippen molar-refractivity contribution in [1.29, 1.82) is 0 Å². The van der Waals surface area contributed by atoms with Gasteiger partial charge < -0.3 is 10.9 Å². The van der Waals surface area contributed by atoms with Crippen LogP contribution in [0, 0.1) is 0 Å². The van der Waals surface area contributed by atoms with Crippen LogP contribution in [0.25, 0.3) is 0 Å². The molecule has 0 aliphatic carbocycles. The van der Waals surface area contributed by atoms with Crippen molar-refractivity contribution in [2.45, 2.75) is 6.29 Å². The Morgan fingerprint density at radius 2 is 2.00 bits per heavy atom. The zero-order chi connectivity index (χ0) is 7.11. The maximum absolute atomic E-state index is 9.71. The molecule has 0 rings (SSSR count). The standard InChI is InChI=1S/C4H9O4P.Na.H/c1-6-4(7-2)3-8-9-5;;/h4H,3H2,1-2H3;;/q;+1;-1. The Hall–Kier alpha value is 0.980. The van der Waals surface area contributed by atoms with Crippen LogP contribution in [-0.2, 0) is 18.6 Å². The van der Waals surface area contributed by atoms with E-state index in [4.69, 9.17) is 9.47 Å². The van der Waals surface area contributed by atoms with E-state index in [0.717, 1.165) is 0 Å². The molecule has 4 nitrogen and oxygen atoms in total. The van der Waals surface area contributed by atoms with Crippen LogP contribution in [0.15, 0.2) is 0 Å². The average molecular weight is 176 g/mol. The first-order chi connectivity index (χ1) is 4.35. The van der Waals surface area contributed by atoms with Crippen LogP contribution in [0.4, 0.5) is 0 Å². The van der Waals surface area contributed by atoms with E-state index < -0.39 is 6.29 Å². The molecule has 0 aliphatic heterocycles. The second-order valence-electron chi connectivity index (χ2n) is 1.27.